The van der Waals surface area contributed by atoms with Crippen LogP contribution in [0.2, 0.25) is 0 Å². The van der Waals surface area contributed by atoms with Crippen LogP contribution in [-0.4, -0.2) is 43.6 Å². The Morgan fingerprint density at radius 3 is 2.93 bits per heavy atom. The Labute approximate surface area is 170 Å². The van der Waals surface area contributed by atoms with Crippen molar-refractivity contribution in [2.75, 3.05) is 13.1 Å². The van der Waals surface area contributed by atoms with Gasteiger partial charge in [-0.2, -0.15) is 13.2 Å². The highest BCUT2D eigenvalue weighted by Crippen LogP contribution is 2.38. The lowest BCUT2D eigenvalue weighted by Gasteiger charge is -2.32. The summed E-state index contributed by atoms with van der Waals surface area (Å²) >= 11 is 0. The summed E-state index contributed by atoms with van der Waals surface area (Å²) < 4.78 is 47.8. The monoisotopic (exact) mass is 421 g/mol. The Bertz CT molecular complexity index is 1030. The van der Waals surface area contributed by atoms with Crippen LogP contribution in [0.4, 0.5) is 13.2 Å². The van der Waals surface area contributed by atoms with Crippen molar-refractivity contribution in [1.29, 1.82) is 0 Å². The van der Waals surface area contributed by atoms with Crippen LogP contribution in [0.3, 0.4) is 0 Å². The molecule has 160 valence electrons. The Morgan fingerprint density at radius 1 is 1.37 bits per heavy atom. The van der Waals surface area contributed by atoms with E-state index in [-0.39, 0.29) is 28.6 Å². The molecule has 0 saturated carbocycles. The van der Waals surface area contributed by atoms with Crippen LogP contribution < -0.4 is 0 Å². The molecule has 1 fully saturated rings. The zero-order chi connectivity index (χ0) is 21.3. The van der Waals surface area contributed by atoms with Crippen molar-refractivity contribution in [3.05, 3.63) is 41.7 Å². The van der Waals surface area contributed by atoms with Crippen LogP contribution in [0.25, 0.3) is 11.1 Å². The highest BCUT2D eigenvalue weighted by Gasteiger charge is 2.37. The van der Waals surface area contributed by atoms with E-state index in [0.717, 1.165) is 6.07 Å². The van der Waals surface area contributed by atoms with E-state index in [1.165, 1.54) is 6.92 Å². The number of aromatic nitrogens is 4. The summed E-state index contributed by atoms with van der Waals surface area (Å²) in [6, 6.07) is 1.09. The first-order valence-corrected chi connectivity index (χ1v) is 9.90. The van der Waals surface area contributed by atoms with Gasteiger partial charge in [0, 0.05) is 44.4 Å². The van der Waals surface area contributed by atoms with E-state index in [0.29, 0.717) is 51.0 Å². The van der Waals surface area contributed by atoms with Gasteiger partial charge in [-0.25, -0.2) is 9.97 Å². The first-order valence-electron chi connectivity index (χ1n) is 9.90. The minimum atomic E-state index is -4.54. The standard InChI is InChI=1S/C20H22F3N5O2/c1-13-18-15(20(21,22)23)10-16(25-19(18)30-26-13)14-4-2-8-28(11-14)17(29)5-3-7-27-9-6-24-12-27/h6,9-10,12,14H,2-5,7-8,11H2,1H3/t14-/m1/s1. The molecule has 4 heterocycles. The summed E-state index contributed by atoms with van der Waals surface area (Å²) in [6.45, 7) is 3.12. The summed E-state index contributed by atoms with van der Waals surface area (Å²) in [7, 11) is 0. The second-order valence-electron chi connectivity index (χ2n) is 7.62. The van der Waals surface area contributed by atoms with Gasteiger partial charge in [0.2, 0.25) is 5.91 Å². The fourth-order valence-corrected chi connectivity index (χ4v) is 3.98. The number of fused-ring (bicyclic) bond motifs is 1. The van der Waals surface area contributed by atoms with Crippen LogP contribution in [0, 0.1) is 6.92 Å². The number of piperidine rings is 1. The molecule has 4 rings (SSSR count). The number of carbonyl (C=O) groups excluding carboxylic acids is 1. The maximum Gasteiger partial charge on any atom is 0.417 e. The van der Waals surface area contributed by atoms with Crippen LogP contribution in [0.15, 0.2) is 29.3 Å². The lowest BCUT2D eigenvalue weighted by atomic mass is 9.92. The molecule has 0 bridgehead atoms. The highest BCUT2D eigenvalue weighted by molar-refractivity contribution is 5.81. The number of alkyl halides is 3. The van der Waals surface area contributed by atoms with Gasteiger partial charge >= 0.3 is 6.18 Å². The molecule has 0 unspecified atom stereocenters. The number of hydrogen-bond donors (Lipinski definition) is 0. The van der Waals surface area contributed by atoms with E-state index in [9.17, 15) is 18.0 Å². The minimum Gasteiger partial charge on any atom is -0.342 e. The van der Waals surface area contributed by atoms with Crippen LogP contribution >= 0.6 is 0 Å². The molecule has 3 aromatic rings. The van der Waals surface area contributed by atoms with Gasteiger partial charge in [0.05, 0.1) is 28.7 Å². The van der Waals surface area contributed by atoms with Gasteiger partial charge in [-0.15, -0.1) is 0 Å². The minimum absolute atomic E-state index is 0.00690. The third-order valence-corrected chi connectivity index (χ3v) is 5.50. The molecule has 7 nitrogen and oxygen atoms in total. The number of likely N-dealkylation sites (tertiary alicyclic amines) is 1. The smallest absolute Gasteiger partial charge is 0.342 e. The Kier molecular flexibility index (Phi) is 5.48. The molecule has 0 radical (unpaired) electrons. The van der Waals surface area contributed by atoms with E-state index in [2.05, 4.69) is 15.1 Å². The predicted molar refractivity (Wildman–Crippen MR) is 102 cm³/mol. The molecule has 30 heavy (non-hydrogen) atoms. The molecule has 0 aromatic carbocycles. The van der Waals surface area contributed by atoms with E-state index >= 15 is 0 Å². The molecule has 1 aliphatic heterocycles. The molecular weight excluding hydrogens is 399 g/mol. The van der Waals surface area contributed by atoms with Gasteiger partial charge in [-0.1, -0.05) is 5.16 Å². The highest BCUT2D eigenvalue weighted by atomic mass is 19.4. The zero-order valence-electron chi connectivity index (χ0n) is 16.5. The van der Waals surface area contributed by atoms with Crippen LogP contribution in [0.1, 0.15) is 48.6 Å². The van der Waals surface area contributed by atoms with Crippen LogP contribution in [-0.2, 0) is 17.5 Å². The van der Waals surface area contributed by atoms with E-state index in [1.54, 1.807) is 17.4 Å². The molecule has 0 N–H and O–H groups in total. The number of nitrogens with zero attached hydrogens (tertiary/aromatic N) is 5. The molecular formula is C20H22F3N5O2. The van der Waals surface area contributed by atoms with Gasteiger partial charge < -0.3 is 14.0 Å². The molecule has 0 spiro atoms. The van der Waals surface area contributed by atoms with Gasteiger partial charge in [0.1, 0.15) is 0 Å². The van der Waals surface area contributed by atoms with Crippen molar-refractivity contribution >= 4 is 17.0 Å². The summed E-state index contributed by atoms with van der Waals surface area (Å²) in [5, 5.41) is 3.54. The lowest BCUT2D eigenvalue weighted by Crippen LogP contribution is -2.39. The Hall–Kier alpha value is -2.91. The van der Waals surface area contributed by atoms with Gasteiger partial charge in [-0.3, -0.25) is 4.79 Å². The fourth-order valence-electron chi connectivity index (χ4n) is 3.98. The second-order valence-corrected chi connectivity index (χ2v) is 7.62. The average Bonchev–Trinajstić information content (AvgIpc) is 3.37. The third-order valence-electron chi connectivity index (χ3n) is 5.50. The molecule has 1 amide bonds. The van der Waals surface area contributed by atoms with Crippen LogP contribution in [0.5, 0.6) is 0 Å². The molecule has 10 heteroatoms. The van der Waals surface area contributed by atoms with Gasteiger partial charge in [0.25, 0.3) is 5.71 Å². The van der Waals surface area contributed by atoms with Crippen molar-refractivity contribution in [1.82, 2.24) is 24.6 Å². The third kappa shape index (κ3) is 4.17. The number of pyridine rings is 1. The Balaban J connectivity index is 1.49. The molecule has 1 atom stereocenters. The second kappa shape index (κ2) is 8.08. The SMILES string of the molecule is Cc1noc2nc([C@@H]3CCCN(C(=O)CCCn4ccnc4)C3)cc(C(F)(F)F)c12. The average molecular weight is 421 g/mol. The maximum absolute atomic E-state index is 13.6. The molecule has 3 aromatic heterocycles. The van der Waals surface area contributed by atoms with Crippen molar-refractivity contribution in [3.8, 4) is 0 Å². The quantitative estimate of drug-likeness (QED) is 0.624. The first-order chi connectivity index (χ1) is 14.3. The fraction of sp³-hybridized carbons (Fsp3) is 0.500. The number of halogens is 3. The number of aryl methyl sites for hydroxylation is 2. The normalized spacial score (nSPS) is 17.6. The lowest BCUT2D eigenvalue weighted by molar-refractivity contribution is -0.136. The number of carbonyl (C=O) groups is 1. The molecule has 1 aliphatic rings. The van der Waals surface area contributed by atoms with Gasteiger partial charge in [0.15, 0.2) is 0 Å². The number of imidazole rings is 1. The molecule has 1 saturated heterocycles. The van der Waals surface area contributed by atoms with E-state index < -0.39 is 11.7 Å². The first kappa shape index (κ1) is 20.4. The number of amides is 1. The summed E-state index contributed by atoms with van der Waals surface area (Å²) in [5.41, 5.74) is -0.442. The molecule has 0 aliphatic carbocycles. The van der Waals surface area contributed by atoms with Crippen molar-refractivity contribution in [3.63, 3.8) is 0 Å². The number of rotatable bonds is 5. The summed E-state index contributed by atoms with van der Waals surface area (Å²) in [5.74, 6) is -0.264. The topological polar surface area (TPSA) is 77.0 Å². The van der Waals surface area contributed by atoms with Gasteiger partial charge in [-0.05, 0) is 32.3 Å². The maximum atomic E-state index is 13.6. The summed E-state index contributed by atoms with van der Waals surface area (Å²) in [6.07, 6.45) is 3.13. The zero-order valence-corrected chi connectivity index (χ0v) is 16.5. The largest absolute Gasteiger partial charge is 0.417 e. The van der Waals surface area contributed by atoms with E-state index in [4.69, 9.17) is 4.52 Å². The van der Waals surface area contributed by atoms with Crippen molar-refractivity contribution in [2.24, 2.45) is 0 Å². The van der Waals surface area contributed by atoms with Crippen molar-refractivity contribution in [2.45, 2.75) is 51.2 Å². The predicted octanol–water partition coefficient (Wildman–Crippen LogP) is 3.93. The van der Waals surface area contributed by atoms with Crippen molar-refractivity contribution < 1.29 is 22.5 Å². The Morgan fingerprint density at radius 2 is 2.20 bits per heavy atom. The summed E-state index contributed by atoms with van der Waals surface area (Å²) in [4.78, 5) is 22.6. The number of hydrogen-bond acceptors (Lipinski definition) is 5. The van der Waals surface area contributed by atoms with E-state index in [1.807, 2.05) is 10.8 Å².